The van der Waals surface area contributed by atoms with E-state index in [9.17, 15) is 9.18 Å². The van der Waals surface area contributed by atoms with Gasteiger partial charge in [-0.3, -0.25) is 0 Å². The first-order valence-corrected chi connectivity index (χ1v) is 4.35. The van der Waals surface area contributed by atoms with Crippen LogP contribution in [0.25, 0.3) is 6.08 Å². The first kappa shape index (κ1) is 11.2. The van der Waals surface area contributed by atoms with E-state index in [-0.39, 0.29) is 5.82 Å². The van der Waals surface area contributed by atoms with Gasteiger partial charge in [-0.15, -0.1) is 0 Å². The van der Waals surface area contributed by atoms with Crippen LogP contribution >= 0.6 is 0 Å². The third-order valence-electron chi connectivity index (χ3n) is 1.81. The number of ether oxygens (including phenoxy) is 1. The highest BCUT2D eigenvalue weighted by molar-refractivity contribution is 5.96. The minimum atomic E-state index is -0.491. The molecule has 0 atom stereocenters. The van der Waals surface area contributed by atoms with Crippen molar-refractivity contribution in [1.29, 1.82) is 0 Å². The topological polar surface area (TPSA) is 26.3 Å². The van der Waals surface area contributed by atoms with Gasteiger partial charge in [-0.2, -0.15) is 0 Å². The van der Waals surface area contributed by atoms with Gasteiger partial charge in [0.25, 0.3) is 0 Å². The van der Waals surface area contributed by atoms with Crippen LogP contribution in [0.15, 0.2) is 42.5 Å². The summed E-state index contributed by atoms with van der Waals surface area (Å²) in [5, 5.41) is 0. The number of esters is 1. The van der Waals surface area contributed by atoms with Crippen molar-refractivity contribution in [3.05, 3.63) is 53.9 Å². The fourth-order valence-corrected chi connectivity index (χ4v) is 1.09. The van der Waals surface area contributed by atoms with Gasteiger partial charge in [0.15, 0.2) is 0 Å². The fourth-order valence-electron chi connectivity index (χ4n) is 1.09. The van der Waals surface area contributed by atoms with Crippen molar-refractivity contribution in [3.8, 4) is 0 Å². The van der Waals surface area contributed by atoms with E-state index in [1.807, 2.05) is 0 Å². The van der Waals surface area contributed by atoms with Crippen molar-refractivity contribution in [2.75, 3.05) is 7.11 Å². The van der Waals surface area contributed by atoms with Crippen molar-refractivity contribution in [1.82, 2.24) is 0 Å². The van der Waals surface area contributed by atoms with Crippen LogP contribution in [0.2, 0.25) is 0 Å². The molecule has 0 heterocycles. The second-order valence-corrected chi connectivity index (χ2v) is 2.85. The summed E-state index contributed by atoms with van der Waals surface area (Å²) in [6, 6.07) is 5.92. The Labute approximate surface area is 87.7 Å². The van der Waals surface area contributed by atoms with Gasteiger partial charge in [-0.25, -0.2) is 9.18 Å². The zero-order valence-electron chi connectivity index (χ0n) is 8.37. The van der Waals surface area contributed by atoms with Gasteiger partial charge in [0, 0.05) is 0 Å². The Hall–Kier alpha value is -1.90. The molecule has 0 radical (unpaired) electrons. The zero-order chi connectivity index (χ0) is 11.3. The summed E-state index contributed by atoms with van der Waals surface area (Å²) in [4.78, 5) is 11.2. The van der Waals surface area contributed by atoms with Crippen LogP contribution < -0.4 is 0 Å². The molecule has 1 rings (SSSR count). The van der Waals surface area contributed by atoms with Crippen molar-refractivity contribution in [3.63, 3.8) is 0 Å². The lowest BCUT2D eigenvalue weighted by Crippen LogP contribution is -2.01. The summed E-state index contributed by atoms with van der Waals surface area (Å²) >= 11 is 0. The standard InChI is InChI=1S/C12H11FO2/c1-3-10(12(14)15-2)7-9-5-4-6-11(13)8-9/h3-8H,1H2,2H3. The van der Waals surface area contributed by atoms with Crippen LogP contribution in [0, 0.1) is 5.82 Å². The van der Waals surface area contributed by atoms with E-state index in [2.05, 4.69) is 11.3 Å². The molecule has 0 aromatic heterocycles. The average Bonchev–Trinajstić information content (AvgIpc) is 2.25. The maximum atomic E-state index is 12.8. The molecular formula is C12H11FO2. The van der Waals surface area contributed by atoms with Crippen LogP contribution in [0.1, 0.15) is 5.56 Å². The molecule has 0 unspecified atom stereocenters. The molecule has 0 aliphatic carbocycles. The Morgan fingerprint density at radius 3 is 2.80 bits per heavy atom. The first-order valence-electron chi connectivity index (χ1n) is 4.35. The molecular weight excluding hydrogens is 195 g/mol. The molecule has 0 fully saturated rings. The Balaban J connectivity index is 3.03. The van der Waals surface area contributed by atoms with Gasteiger partial charge >= 0.3 is 5.97 Å². The minimum Gasteiger partial charge on any atom is -0.465 e. The molecule has 0 bridgehead atoms. The monoisotopic (exact) mass is 206 g/mol. The van der Waals surface area contributed by atoms with Crippen LogP contribution in [-0.2, 0) is 9.53 Å². The van der Waals surface area contributed by atoms with E-state index < -0.39 is 5.97 Å². The Morgan fingerprint density at radius 2 is 2.27 bits per heavy atom. The van der Waals surface area contributed by atoms with Crippen molar-refractivity contribution < 1.29 is 13.9 Å². The van der Waals surface area contributed by atoms with Crippen LogP contribution in [-0.4, -0.2) is 13.1 Å². The van der Waals surface area contributed by atoms with Crippen LogP contribution in [0.3, 0.4) is 0 Å². The van der Waals surface area contributed by atoms with E-state index in [1.165, 1.54) is 31.4 Å². The second kappa shape index (κ2) is 5.10. The molecule has 1 aromatic carbocycles. The third-order valence-corrected chi connectivity index (χ3v) is 1.81. The molecule has 78 valence electrons. The molecule has 0 N–H and O–H groups in total. The summed E-state index contributed by atoms with van der Waals surface area (Å²) in [7, 11) is 1.28. The lowest BCUT2D eigenvalue weighted by atomic mass is 10.1. The number of methoxy groups -OCH3 is 1. The summed E-state index contributed by atoms with van der Waals surface area (Å²) in [5.74, 6) is -0.841. The molecule has 0 spiro atoms. The molecule has 3 heteroatoms. The van der Waals surface area contributed by atoms with E-state index >= 15 is 0 Å². The van der Waals surface area contributed by atoms with Gasteiger partial charge in [0.05, 0.1) is 12.7 Å². The number of rotatable bonds is 3. The van der Waals surface area contributed by atoms with Crippen molar-refractivity contribution >= 4 is 12.0 Å². The van der Waals surface area contributed by atoms with Gasteiger partial charge < -0.3 is 4.74 Å². The van der Waals surface area contributed by atoms with Crippen molar-refractivity contribution in [2.24, 2.45) is 0 Å². The SMILES string of the molecule is C=CC(=Cc1cccc(F)c1)C(=O)OC. The van der Waals surface area contributed by atoms with E-state index in [0.29, 0.717) is 11.1 Å². The summed E-state index contributed by atoms with van der Waals surface area (Å²) < 4.78 is 17.4. The quantitative estimate of drug-likeness (QED) is 0.431. The number of hydrogen-bond acceptors (Lipinski definition) is 2. The second-order valence-electron chi connectivity index (χ2n) is 2.85. The van der Waals surface area contributed by atoms with Gasteiger partial charge in [0.2, 0.25) is 0 Å². The number of benzene rings is 1. The predicted octanol–water partition coefficient (Wildman–Crippen LogP) is 2.57. The molecule has 0 aliphatic heterocycles. The van der Waals surface area contributed by atoms with Crippen LogP contribution in [0.4, 0.5) is 4.39 Å². The minimum absolute atomic E-state index is 0.295. The largest absolute Gasteiger partial charge is 0.465 e. The highest BCUT2D eigenvalue weighted by Gasteiger charge is 2.04. The first-order chi connectivity index (χ1) is 7.17. The number of halogens is 1. The molecule has 2 nitrogen and oxygen atoms in total. The zero-order valence-corrected chi connectivity index (χ0v) is 8.37. The molecule has 0 saturated carbocycles. The van der Waals surface area contributed by atoms with E-state index in [1.54, 1.807) is 12.1 Å². The maximum absolute atomic E-state index is 12.8. The van der Waals surface area contributed by atoms with Gasteiger partial charge in [0.1, 0.15) is 5.82 Å². The lowest BCUT2D eigenvalue weighted by Gasteiger charge is -1.99. The average molecular weight is 206 g/mol. The van der Waals surface area contributed by atoms with E-state index in [0.717, 1.165) is 0 Å². The molecule has 1 aromatic rings. The lowest BCUT2D eigenvalue weighted by molar-refractivity contribution is -0.135. The number of hydrogen-bond donors (Lipinski definition) is 0. The summed E-state index contributed by atoms with van der Waals surface area (Å²) in [6.07, 6.45) is 2.89. The highest BCUT2D eigenvalue weighted by atomic mass is 19.1. The van der Waals surface area contributed by atoms with Gasteiger partial charge in [-0.1, -0.05) is 24.8 Å². The Morgan fingerprint density at radius 1 is 1.53 bits per heavy atom. The molecule has 15 heavy (non-hydrogen) atoms. The van der Waals surface area contributed by atoms with Crippen molar-refractivity contribution in [2.45, 2.75) is 0 Å². The Kier molecular flexibility index (Phi) is 3.80. The fraction of sp³-hybridized carbons (Fsp3) is 0.0833. The smallest absolute Gasteiger partial charge is 0.337 e. The van der Waals surface area contributed by atoms with E-state index in [4.69, 9.17) is 0 Å². The molecule has 0 saturated heterocycles. The van der Waals surface area contributed by atoms with Crippen LogP contribution in [0.5, 0.6) is 0 Å². The maximum Gasteiger partial charge on any atom is 0.337 e. The summed E-state index contributed by atoms with van der Waals surface area (Å²) in [5.41, 5.74) is 0.887. The highest BCUT2D eigenvalue weighted by Crippen LogP contribution is 2.10. The molecule has 0 aliphatic rings. The summed E-state index contributed by atoms with van der Waals surface area (Å²) in [6.45, 7) is 3.49. The normalized spacial score (nSPS) is 10.9. The number of carbonyl (C=O) groups is 1. The predicted molar refractivity (Wildman–Crippen MR) is 56.6 cm³/mol. The molecule has 0 amide bonds. The Bertz CT molecular complexity index is 408. The number of carbonyl (C=O) groups excluding carboxylic acids is 1. The van der Waals surface area contributed by atoms with Gasteiger partial charge in [-0.05, 0) is 23.8 Å². The third kappa shape index (κ3) is 3.06.